The van der Waals surface area contributed by atoms with Gasteiger partial charge in [-0.05, 0) is 57.3 Å². The molecule has 2 aliphatic rings. The minimum Gasteiger partial charge on any atom is -0.485 e. The van der Waals surface area contributed by atoms with E-state index in [9.17, 15) is 0 Å². The van der Waals surface area contributed by atoms with Crippen molar-refractivity contribution in [2.45, 2.75) is 38.2 Å². The minimum absolute atomic E-state index is 0.0144. The first-order valence-electron chi connectivity index (χ1n) is 7.02. The number of benzene rings is 1. The molecule has 3 nitrogen and oxygen atoms in total. The highest BCUT2D eigenvalue weighted by atomic mass is 16.5. The largest absolute Gasteiger partial charge is 0.485 e. The third-order valence-electron chi connectivity index (χ3n) is 4.05. The maximum Gasteiger partial charge on any atom is 0.143 e. The highest BCUT2D eigenvalue weighted by Crippen LogP contribution is 2.36. The molecular formula is C15H22N2O. The van der Waals surface area contributed by atoms with Gasteiger partial charge >= 0.3 is 0 Å². The van der Waals surface area contributed by atoms with Crippen molar-refractivity contribution in [3.8, 4) is 5.75 Å². The van der Waals surface area contributed by atoms with Crippen molar-refractivity contribution in [3.05, 3.63) is 23.8 Å². The Kier molecular flexibility index (Phi) is 3.16. The average molecular weight is 246 g/mol. The zero-order valence-electron chi connectivity index (χ0n) is 11.1. The fourth-order valence-corrected chi connectivity index (χ4v) is 2.89. The van der Waals surface area contributed by atoms with Crippen molar-refractivity contribution in [3.63, 3.8) is 0 Å². The van der Waals surface area contributed by atoms with E-state index in [1.807, 2.05) is 0 Å². The number of piperidine rings is 1. The second kappa shape index (κ2) is 4.81. The van der Waals surface area contributed by atoms with Gasteiger partial charge in [-0.3, -0.25) is 0 Å². The molecule has 0 bridgehead atoms. The lowest BCUT2D eigenvalue weighted by atomic mass is 9.94. The Bertz CT molecular complexity index is 425. The van der Waals surface area contributed by atoms with E-state index in [1.54, 1.807) is 0 Å². The van der Waals surface area contributed by atoms with Crippen molar-refractivity contribution in [1.82, 2.24) is 5.32 Å². The molecule has 0 aromatic heterocycles. The molecule has 1 aromatic carbocycles. The summed E-state index contributed by atoms with van der Waals surface area (Å²) in [6.07, 6.45) is 4.54. The summed E-state index contributed by atoms with van der Waals surface area (Å²) in [6.45, 7) is 5.40. The topological polar surface area (TPSA) is 33.3 Å². The normalized spacial score (nSPS) is 21.8. The molecule has 1 fully saturated rings. The van der Waals surface area contributed by atoms with E-state index in [0.717, 1.165) is 44.6 Å². The van der Waals surface area contributed by atoms with Gasteiger partial charge in [-0.2, -0.15) is 0 Å². The molecule has 0 saturated carbocycles. The van der Waals surface area contributed by atoms with E-state index in [2.05, 4.69) is 35.8 Å². The quantitative estimate of drug-likeness (QED) is 0.841. The van der Waals surface area contributed by atoms with Crippen molar-refractivity contribution in [2.24, 2.45) is 0 Å². The van der Waals surface area contributed by atoms with Crippen LogP contribution in [0.25, 0.3) is 0 Å². The van der Waals surface area contributed by atoms with Gasteiger partial charge in [-0.15, -0.1) is 0 Å². The predicted octanol–water partition coefficient (Wildman–Crippen LogP) is 2.57. The molecule has 2 heterocycles. The van der Waals surface area contributed by atoms with E-state index < -0.39 is 0 Å². The summed E-state index contributed by atoms with van der Waals surface area (Å²) in [5.41, 5.74) is 2.61. The Morgan fingerprint density at radius 2 is 2.00 bits per heavy atom. The molecule has 0 unspecified atom stereocenters. The second-order valence-corrected chi connectivity index (χ2v) is 5.62. The van der Waals surface area contributed by atoms with Crippen LogP contribution >= 0.6 is 0 Å². The monoisotopic (exact) mass is 246 g/mol. The number of para-hydroxylation sites is 1. The maximum atomic E-state index is 6.34. The van der Waals surface area contributed by atoms with Gasteiger partial charge < -0.3 is 15.4 Å². The Morgan fingerprint density at radius 3 is 2.83 bits per heavy atom. The lowest BCUT2D eigenvalue weighted by Crippen LogP contribution is -2.44. The number of hydrogen-bond acceptors (Lipinski definition) is 3. The van der Waals surface area contributed by atoms with E-state index in [-0.39, 0.29) is 5.60 Å². The van der Waals surface area contributed by atoms with E-state index in [1.165, 1.54) is 17.7 Å². The van der Waals surface area contributed by atoms with Crippen molar-refractivity contribution in [2.75, 3.05) is 25.0 Å². The molecule has 0 amide bonds. The first-order chi connectivity index (χ1) is 8.77. The highest BCUT2D eigenvalue weighted by molar-refractivity contribution is 5.63. The molecule has 3 rings (SSSR count). The van der Waals surface area contributed by atoms with Crippen LogP contribution in [-0.2, 0) is 6.42 Å². The molecule has 18 heavy (non-hydrogen) atoms. The van der Waals surface area contributed by atoms with Crippen LogP contribution < -0.4 is 15.4 Å². The second-order valence-electron chi connectivity index (χ2n) is 5.62. The van der Waals surface area contributed by atoms with Crippen molar-refractivity contribution in [1.29, 1.82) is 0 Å². The number of nitrogens with one attached hydrogen (secondary N) is 2. The van der Waals surface area contributed by atoms with Crippen LogP contribution in [-0.4, -0.2) is 25.2 Å². The first-order valence-corrected chi connectivity index (χ1v) is 7.02. The zero-order chi connectivity index (χ0) is 12.4. The first kappa shape index (κ1) is 11.8. The summed E-state index contributed by atoms with van der Waals surface area (Å²) in [7, 11) is 0. The Hall–Kier alpha value is -1.22. The smallest absolute Gasteiger partial charge is 0.143 e. The van der Waals surface area contributed by atoms with Gasteiger partial charge in [0.1, 0.15) is 11.4 Å². The summed E-state index contributed by atoms with van der Waals surface area (Å²) in [5.74, 6) is 1.04. The number of anilines is 1. The molecule has 0 atom stereocenters. The highest BCUT2D eigenvalue weighted by Gasteiger charge is 2.30. The van der Waals surface area contributed by atoms with E-state index in [4.69, 9.17) is 4.74 Å². The van der Waals surface area contributed by atoms with Gasteiger partial charge in [-0.25, -0.2) is 0 Å². The molecule has 98 valence electrons. The van der Waals surface area contributed by atoms with Crippen molar-refractivity contribution < 1.29 is 4.74 Å². The lowest BCUT2D eigenvalue weighted by molar-refractivity contribution is 0.0562. The minimum atomic E-state index is -0.0144. The molecule has 1 aromatic rings. The predicted molar refractivity (Wildman–Crippen MR) is 74.4 cm³/mol. The summed E-state index contributed by atoms with van der Waals surface area (Å²) in [6, 6.07) is 6.43. The Balaban J connectivity index is 1.83. The summed E-state index contributed by atoms with van der Waals surface area (Å²) >= 11 is 0. The number of hydrogen-bond donors (Lipinski definition) is 2. The third-order valence-corrected chi connectivity index (χ3v) is 4.05. The molecule has 3 heteroatoms. The lowest BCUT2D eigenvalue weighted by Gasteiger charge is -2.36. The van der Waals surface area contributed by atoms with Crippen LogP contribution in [0.4, 0.5) is 5.69 Å². The Morgan fingerprint density at radius 1 is 1.17 bits per heavy atom. The van der Waals surface area contributed by atoms with Gasteiger partial charge in [0.25, 0.3) is 0 Å². The average Bonchev–Trinajstić information content (AvgIpc) is 2.40. The van der Waals surface area contributed by atoms with Gasteiger partial charge in [0.05, 0.1) is 5.69 Å². The molecule has 2 N–H and O–H groups in total. The van der Waals surface area contributed by atoms with Crippen LogP contribution in [0.2, 0.25) is 0 Å². The molecule has 0 spiro atoms. The van der Waals surface area contributed by atoms with Crippen LogP contribution in [0.15, 0.2) is 18.2 Å². The maximum absolute atomic E-state index is 6.34. The van der Waals surface area contributed by atoms with Gasteiger partial charge in [0.2, 0.25) is 0 Å². The van der Waals surface area contributed by atoms with Gasteiger partial charge in [0, 0.05) is 6.54 Å². The van der Waals surface area contributed by atoms with E-state index >= 15 is 0 Å². The number of aryl methyl sites for hydroxylation is 1. The molecule has 0 radical (unpaired) electrons. The van der Waals surface area contributed by atoms with Crippen LogP contribution in [0.1, 0.15) is 31.7 Å². The number of ether oxygens (including phenoxy) is 1. The molecule has 0 aliphatic carbocycles. The van der Waals surface area contributed by atoms with Crippen LogP contribution in [0, 0.1) is 0 Å². The Labute approximate surface area is 109 Å². The standard InChI is InChI=1S/C15H22N2O/c1-15(7-10-16-11-8-15)18-13-6-2-4-12-5-3-9-17-14(12)13/h2,4,6,16-17H,3,5,7-11H2,1H3. The summed E-state index contributed by atoms with van der Waals surface area (Å²) in [5, 5.41) is 6.89. The fraction of sp³-hybridized carbons (Fsp3) is 0.600. The molecule has 1 saturated heterocycles. The summed E-state index contributed by atoms with van der Waals surface area (Å²) in [4.78, 5) is 0. The molecular weight excluding hydrogens is 224 g/mol. The van der Waals surface area contributed by atoms with Gasteiger partial charge in [0.15, 0.2) is 0 Å². The van der Waals surface area contributed by atoms with Crippen LogP contribution in [0.3, 0.4) is 0 Å². The van der Waals surface area contributed by atoms with Gasteiger partial charge in [-0.1, -0.05) is 12.1 Å². The van der Waals surface area contributed by atoms with Crippen LogP contribution in [0.5, 0.6) is 5.75 Å². The third kappa shape index (κ3) is 2.32. The molecule has 2 aliphatic heterocycles. The fourth-order valence-electron chi connectivity index (χ4n) is 2.89. The SMILES string of the molecule is CC1(Oc2cccc3c2NCCC3)CCNCC1. The number of fused-ring (bicyclic) bond motifs is 1. The van der Waals surface area contributed by atoms with E-state index in [0.29, 0.717) is 0 Å². The van der Waals surface area contributed by atoms with Crippen molar-refractivity contribution >= 4 is 5.69 Å². The zero-order valence-corrected chi connectivity index (χ0v) is 11.1. The number of rotatable bonds is 2. The summed E-state index contributed by atoms with van der Waals surface area (Å²) < 4.78 is 6.34.